The number of anilines is 1. The summed E-state index contributed by atoms with van der Waals surface area (Å²) in [6.07, 6.45) is 0.654. The highest BCUT2D eigenvalue weighted by molar-refractivity contribution is 7.13. The number of carbonyl (C=O) groups is 1. The van der Waals surface area contributed by atoms with E-state index >= 15 is 0 Å². The van der Waals surface area contributed by atoms with Crippen molar-refractivity contribution < 1.29 is 9.53 Å². The van der Waals surface area contributed by atoms with Crippen LogP contribution in [0.15, 0.2) is 5.38 Å². The molecule has 2 aliphatic rings. The molecular formula is C17H28N4O2S. The van der Waals surface area contributed by atoms with Crippen LogP contribution in [0, 0.1) is 5.92 Å². The number of ether oxygens (including phenoxy) is 1. The molecule has 3 rings (SSSR count). The first kappa shape index (κ1) is 17.6. The predicted molar refractivity (Wildman–Crippen MR) is 96.5 cm³/mol. The highest BCUT2D eigenvalue weighted by Gasteiger charge is 2.23. The Morgan fingerprint density at radius 3 is 2.58 bits per heavy atom. The van der Waals surface area contributed by atoms with Gasteiger partial charge in [-0.1, -0.05) is 13.8 Å². The molecule has 0 spiro atoms. The minimum Gasteiger partial charge on any atom is -0.379 e. The number of hydrogen-bond acceptors (Lipinski definition) is 6. The Morgan fingerprint density at radius 2 is 1.92 bits per heavy atom. The van der Waals surface area contributed by atoms with E-state index in [1.165, 1.54) is 0 Å². The van der Waals surface area contributed by atoms with Crippen LogP contribution in [0.5, 0.6) is 0 Å². The Balaban J connectivity index is 1.49. The molecular weight excluding hydrogens is 324 g/mol. The zero-order chi connectivity index (χ0) is 16.9. The summed E-state index contributed by atoms with van der Waals surface area (Å²) in [7, 11) is 0. The molecule has 3 heterocycles. The fourth-order valence-corrected chi connectivity index (χ4v) is 4.00. The molecule has 1 amide bonds. The van der Waals surface area contributed by atoms with Gasteiger partial charge in [0.15, 0.2) is 5.13 Å². The summed E-state index contributed by atoms with van der Waals surface area (Å²) < 4.78 is 5.39. The second-order valence-electron chi connectivity index (χ2n) is 6.98. The highest BCUT2D eigenvalue weighted by Crippen LogP contribution is 2.23. The van der Waals surface area contributed by atoms with Crippen LogP contribution in [-0.4, -0.2) is 73.2 Å². The van der Waals surface area contributed by atoms with Gasteiger partial charge >= 0.3 is 0 Å². The highest BCUT2D eigenvalue weighted by atomic mass is 32.1. The van der Waals surface area contributed by atoms with Gasteiger partial charge in [0.2, 0.25) is 5.91 Å². The third kappa shape index (κ3) is 4.68. The zero-order valence-electron chi connectivity index (χ0n) is 14.7. The second kappa shape index (κ2) is 8.27. The molecule has 1 aromatic rings. The predicted octanol–water partition coefficient (Wildman–Crippen LogP) is 1.67. The molecule has 0 N–H and O–H groups in total. The van der Waals surface area contributed by atoms with Crippen LogP contribution >= 0.6 is 11.3 Å². The van der Waals surface area contributed by atoms with Crippen LogP contribution in [0.25, 0.3) is 0 Å². The smallest absolute Gasteiger partial charge is 0.222 e. The van der Waals surface area contributed by atoms with E-state index in [-0.39, 0.29) is 5.91 Å². The Labute approximate surface area is 148 Å². The van der Waals surface area contributed by atoms with Crippen molar-refractivity contribution in [3.8, 4) is 0 Å². The number of hydrogen-bond donors (Lipinski definition) is 0. The van der Waals surface area contributed by atoms with Crippen molar-refractivity contribution in [2.45, 2.75) is 26.8 Å². The summed E-state index contributed by atoms with van der Waals surface area (Å²) in [4.78, 5) is 23.7. The molecule has 0 bridgehead atoms. The number of thiazole rings is 1. The largest absolute Gasteiger partial charge is 0.379 e. The summed E-state index contributed by atoms with van der Waals surface area (Å²) in [5.74, 6) is 0.717. The molecule has 7 heteroatoms. The first-order chi connectivity index (χ1) is 11.6. The van der Waals surface area contributed by atoms with Crippen LogP contribution in [0.3, 0.4) is 0 Å². The Bertz CT molecular complexity index is 534. The van der Waals surface area contributed by atoms with Crippen LogP contribution < -0.4 is 4.90 Å². The quantitative estimate of drug-likeness (QED) is 0.807. The number of nitrogens with zero attached hydrogens (tertiary/aromatic N) is 4. The van der Waals surface area contributed by atoms with Crippen LogP contribution in [0.4, 0.5) is 5.13 Å². The van der Waals surface area contributed by atoms with E-state index in [0.717, 1.165) is 69.9 Å². The lowest BCUT2D eigenvalue weighted by atomic mass is 10.1. The molecule has 0 unspecified atom stereocenters. The summed E-state index contributed by atoms with van der Waals surface area (Å²) >= 11 is 1.72. The SMILES string of the molecule is CC(C)CC(=O)N1CCN(c2nc(CN3CCOCC3)cs2)CC1. The molecule has 24 heavy (non-hydrogen) atoms. The molecule has 0 aliphatic carbocycles. The number of piperazine rings is 1. The van der Waals surface area contributed by atoms with Crippen molar-refractivity contribution in [3.63, 3.8) is 0 Å². The third-order valence-electron chi connectivity index (χ3n) is 4.51. The summed E-state index contributed by atoms with van der Waals surface area (Å²) in [6, 6.07) is 0. The summed E-state index contributed by atoms with van der Waals surface area (Å²) in [5, 5.41) is 3.26. The van der Waals surface area contributed by atoms with E-state index in [1.54, 1.807) is 11.3 Å². The molecule has 0 saturated carbocycles. The average molecular weight is 353 g/mol. The van der Waals surface area contributed by atoms with Crippen molar-refractivity contribution in [2.75, 3.05) is 57.4 Å². The topological polar surface area (TPSA) is 48.9 Å². The standard InChI is InChI=1S/C17H28N4O2S/c1-14(2)11-16(22)20-3-5-21(6-4-20)17-18-15(13-24-17)12-19-7-9-23-10-8-19/h13-14H,3-12H2,1-2H3. The molecule has 134 valence electrons. The fourth-order valence-electron chi connectivity index (χ4n) is 3.13. The van der Waals surface area contributed by atoms with Crippen molar-refractivity contribution in [1.29, 1.82) is 0 Å². The zero-order valence-corrected chi connectivity index (χ0v) is 15.6. The number of aromatic nitrogens is 1. The molecule has 2 fully saturated rings. The third-order valence-corrected chi connectivity index (χ3v) is 5.46. The minimum absolute atomic E-state index is 0.289. The van der Waals surface area contributed by atoms with Gasteiger partial charge in [-0.15, -0.1) is 11.3 Å². The van der Waals surface area contributed by atoms with Crippen LogP contribution in [-0.2, 0) is 16.1 Å². The maximum Gasteiger partial charge on any atom is 0.222 e. The molecule has 0 atom stereocenters. The van der Waals surface area contributed by atoms with Crippen molar-refractivity contribution >= 4 is 22.4 Å². The monoisotopic (exact) mass is 352 g/mol. The van der Waals surface area contributed by atoms with Crippen molar-refractivity contribution in [2.24, 2.45) is 5.92 Å². The second-order valence-corrected chi connectivity index (χ2v) is 7.81. The van der Waals surface area contributed by atoms with Gasteiger partial charge in [0.05, 0.1) is 18.9 Å². The van der Waals surface area contributed by atoms with Crippen LogP contribution in [0.1, 0.15) is 26.0 Å². The van der Waals surface area contributed by atoms with Gasteiger partial charge < -0.3 is 14.5 Å². The normalized spacial score (nSPS) is 20.0. The Hall–Kier alpha value is -1.18. The van der Waals surface area contributed by atoms with E-state index in [1.807, 2.05) is 4.90 Å². The lowest BCUT2D eigenvalue weighted by Gasteiger charge is -2.35. The van der Waals surface area contributed by atoms with E-state index in [9.17, 15) is 4.79 Å². The van der Waals surface area contributed by atoms with Crippen LogP contribution in [0.2, 0.25) is 0 Å². The Kier molecular flexibility index (Phi) is 6.08. The minimum atomic E-state index is 0.289. The van der Waals surface area contributed by atoms with Gasteiger partial charge in [-0.2, -0.15) is 0 Å². The first-order valence-corrected chi connectivity index (χ1v) is 9.77. The number of amides is 1. The Morgan fingerprint density at radius 1 is 1.21 bits per heavy atom. The number of carbonyl (C=O) groups excluding carboxylic acids is 1. The van der Waals surface area contributed by atoms with Gasteiger partial charge in [-0.25, -0.2) is 4.98 Å². The van der Waals surface area contributed by atoms with E-state index < -0.39 is 0 Å². The van der Waals surface area contributed by atoms with E-state index in [4.69, 9.17) is 9.72 Å². The number of morpholine rings is 1. The average Bonchev–Trinajstić information content (AvgIpc) is 3.04. The lowest BCUT2D eigenvalue weighted by Crippen LogP contribution is -2.49. The molecule has 2 saturated heterocycles. The lowest BCUT2D eigenvalue weighted by molar-refractivity contribution is -0.132. The fraction of sp³-hybridized carbons (Fsp3) is 0.765. The van der Waals surface area contributed by atoms with Crippen molar-refractivity contribution in [1.82, 2.24) is 14.8 Å². The van der Waals surface area contributed by atoms with Gasteiger partial charge in [0, 0.05) is 57.6 Å². The molecule has 2 aliphatic heterocycles. The van der Waals surface area contributed by atoms with Gasteiger partial charge in [0.1, 0.15) is 0 Å². The molecule has 0 radical (unpaired) electrons. The van der Waals surface area contributed by atoms with E-state index in [0.29, 0.717) is 12.3 Å². The number of rotatable bonds is 5. The maximum absolute atomic E-state index is 12.2. The van der Waals surface area contributed by atoms with Crippen molar-refractivity contribution in [3.05, 3.63) is 11.1 Å². The first-order valence-electron chi connectivity index (χ1n) is 8.89. The molecule has 6 nitrogen and oxygen atoms in total. The van der Waals surface area contributed by atoms with Gasteiger partial charge in [-0.05, 0) is 5.92 Å². The molecule has 1 aromatic heterocycles. The molecule has 0 aromatic carbocycles. The van der Waals surface area contributed by atoms with Gasteiger partial charge in [-0.3, -0.25) is 9.69 Å². The maximum atomic E-state index is 12.2. The summed E-state index contributed by atoms with van der Waals surface area (Å²) in [6.45, 7) is 12.1. The van der Waals surface area contributed by atoms with E-state index in [2.05, 4.69) is 29.0 Å². The van der Waals surface area contributed by atoms with Gasteiger partial charge in [0.25, 0.3) is 0 Å². The summed E-state index contributed by atoms with van der Waals surface area (Å²) in [5.41, 5.74) is 1.15.